The maximum Gasteiger partial charge on any atom is 0.252 e. The Morgan fingerprint density at radius 2 is 1.68 bits per heavy atom. The van der Waals surface area contributed by atoms with Crippen LogP contribution in [0, 0.1) is 5.82 Å². The minimum Gasteiger partial charge on any atom is -0.486 e. The molecule has 0 spiro atoms. The Morgan fingerprint density at radius 3 is 2.46 bits per heavy atom. The van der Waals surface area contributed by atoms with Crippen LogP contribution in [-0.2, 0) is 17.8 Å². The number of ether oxygens (including phenoxy) is 3. The lowest BCUT2D eigenvalue weighted by Gasteiger charge is -2.34. The number of aromatic nitrogens is 2. The van der Waals surface area contributed by atoms with Crippen LogP contribution < -0.4 is 25.9 Å². The number of hydrogen-bond donors (Lipinski definition) is 1. The summed E-state index contributed by atoms with van der Waals surface area (Å²) in [5.41, 5.74) is 1.04. The summed E-state index contributed by atoms with van der Waals surface area (Å²) in [5, 5.41) is 4.18. The number of nitrogens with zero attached hydrogens (tertiary/aromatic N) is 3. The van der Waals surface area contributed by atoms with E-state index in [-0.39, 0.29) is 53.9 Å². The molecule has 12 heteroatoms. The fourth-order valence-electron chi connectivity index (χ4n) is 5.27. The number of benzene rings is 1. The summed E-state index contributed by atoms with van der Waals surface area (Å²) >= 11 is 0. The number of rotatable bonds is 6. The summed E-state index contributed by atoms with van der Waals surface area (Å²) in [6.07, 6.45) is -0.0666. The van der Waals surface area contributed by atoms with E-state index in [0.29, 0.717) is 75.3 Å². The van der Waals surface area contributed by atoms with E-state index in [4.69, 9.17) is 14.2 Å². The van der Waals surface area contributed by atoms with Gasteiger partial charge >= 0.3 is 0 Å². The van der Waals surface area contributed by atoms with Gasteiger partial charge in [0.2, 0.25) is 0 Å². The summed E-state index contributed by atoms with van der Waals surface area (Å²) in [6.45, 7) is 4.93. The second kappa shape index (κ2) is 11.4. The topological polar surface area (TPSA) is 87.0 Å². The van der Waals surface area contributed by atoms with E-state index in [0.717, 1.165) is 11.9 Å². The smallest absolute Gasteiger partial charge is 0.252 e. The van der Waals surface area contributed by atoms with E-state index in [2.05, 4.69) is 10.2 Å². The molecule has 0 aliphatic carbocycles. The minimum absolute atomic E-state index is 0. The van der Waals surface area contributed by atoms with Gasteiger partial charge in [-0.2, -0.15) is 0 Å². The molecular formula is C25H29Cl2FN4O5. The highest BCUT2D eigenvalue weighted by Gasteiger charge is 2.30. The first-order valence-corrected chi connectivity index (χ1v) is 11.9. The number of halogens is 3. The number of hydrogen-bond acceptors (Lipinski definition) is 7. The SMILES string of the molecule is Cl.Cl.O=c1ccc2ccc(=O)n3c2n1C[C@H]3CN1CCO[C@@H](CNCc2cc3c(cc2F)OCCO3)C1. The molecule has 1 aromatic carbocycles. The molecule has 0 amide bonds. The number of pyridine rings is 2. The zero-order chi connectivity index (χ0) is 23.9. The van der Waals surface area contributed by atoms with Crippen molar-refractivity contribution in [3.05, 3.63) is 68.5 Å². The molecule has 3 aromatic rings. The third-order valence-corrected chi connectivity index (χ3v) is 6.91. The van der Waals surface area contributed by atoms with Crippen LogP contribution in [0.4, 0.5) is 4.39 Å². The van der Waals surface area contributed by atoms with Crippen LogP contribution in [0.3, 0.4) is 0 Å². The van der Waals surface area contributed by atoms with Crippen molar-refractivity contribution in [1.82, 2.24) is 19.4 Å². The van der Waals surface area contributed by atoms with Gasteiger partial charge in [-0.25, -0.2) is 4.39 Å². The Labute approximate surface area is 224 Å². The zero-order valence-electron chi connectivity index (χ0n) is 20.1. The van der Waals surface area contributed by atoms with Gasteiger partial charge in [0.25, 0.3) is 11.1 Å². The van der Waals surface area contributed by atoms with Crippen molar-refractivity contribution >= 4 is 35.8 Å². The van der Waals surface area contributed by atoms with E-state index in [1.54, 1.807) is 39.5 Å². The van der Waals surface area contributed by atoms with E-state index in [9.17, 15) is 14.0 Å². The molecule has 0 radical (unpaired) electrons. The summed E-state index contributed by atoms with van der Waals surface area (Å²) in [5.74, 6) is 0.676. The van der Waals surface area contributed by atoms with Crippen LogP contribution in [0.5, 0.6) is 11.5 Å². The monoisotopic (exact) mass is 554 g/mol. The van der Waals surface area contributed by atoms with Crippen LogP contribution in [0.15, 0.2) is 46.0 Å². The average Bonchev–Trinajstić information content (AvgIpc) is 3.24. The van der Waals surface area contributed by atoms with Crippen LogP contribution in [0.2, 0.25) is 0 Å². The number of fused-ring (bicyclic) bond motifs is 1. The van der Waals surface area contributed by atoms with Crippen molar-refractivity contribution in [2.45, 2.75) is 25.2 Å². The zero-order valence-corrected chi connectivity index (χ0v) is 21.7. The molecule has 5 heterocycles. The molecule has 0 bridgehead atoms. The number of morpholine rings is 1. The van der Waals surface area contributed by atoms with Crippen LogP contribution in [-0.4, -0.2) is 66.1 Å². The Bertz CT molecular complexity index is 1390. The predicted molar refractivity (Wildman–Crippen MR) is 141 cm³/mol. The normalized spacial score (nSPS) is 20.4. The largest absolute Gasteiger partial charge is 0.486 e. The van der Waals surface area contributed by atoms with Gasteiger partial charge in [-0.15, -0.1) is 24.8 Å². The highest BCUT2D eigenvalue weighted by atomic mass is 35.5. The van der Waals surface area contributed by atoms with E-state index in [1.807, 2.05) is 0 Å². The molecule has 200 valence electrons. The molecule has 3 aliphatic rings. The molecule has 9 nitrogen and oxygen atoms in total. The summed E-state index contributed by atoms with van der Waals surface area (Å²) < 4.78 is 34.8. The second-order valence-corrected chi connectivity index (χ2v) is 9.23. The van der Waals surface area contributed by atoms with E-state index < -0.39 is 0 Å². The summed E-state index contributed by atoms with van der Waals surface area (Å²) in [7, 11) is 0. The quantitative estimate of drug-likeness (QED) is 0.498. The molecule has 2 atom stereocenters. The predicted octanol–water partition coefficient (Wildman–Crippen LogP) is 1.96. The van der Waals surface area contributed by atoms with Crippen molar-refractivity contribution in [3.8, 4) is 11.5 Å². The minimum atomic E-state index is -0.330. The van der Waals surface area contributed by atoms with E-state index in [1.165, 1.54) is 6.07 Å². The van der Waals surface area contributed by atoms with Crippen molar-refractivity contribution < 1.29 is 18.6 Å². The molecular weight excluding hydrogens is 526 g/mol. The molecule has 6 rings (SSSR count). The molecule has 1 saturated heterocycles. The fraction of sp³-hybridized carbons (Fsp3) is 0.440. The fourth-order valence-corrected chi connectivity index (χ4v) is 5.27. The van der Waals surface area contributed by atoms with Crippen LogP contribution >= 0.6 is 24.8 Å². The number of nitrogens with one attached hydrogen (secondary N) is 1. The molecule has 3 aliphatic heterocycles. The van der Waals surface area contributed by atoms with Gasteiger partial charge in [-0.3, -0.25) is 23.6 Å². The summed E-state index contributed by atoms with van der Waals surface area (Å²) in [4.78, 5) is 27.3. The van der Waals surface area contributed by atoms with Gasteiger partial charge in [0.15, 0.2) is 11.5 Å². The maximum absolute atomic E-state index is 14.4. The van der Waals surface area contributed by atoms with Gasteiger partial charge in [0, 0.05) is 68.4 Å². The first-order chi connectivity index (χ1) is 17.1. The Kier molecular flexibility index (Phi) is 8.45. The Morgan fingerprint density at radius 1 is 0.946 bits per heavy atom. The maximum atomic E-state index is 14.4. The highest BCUT2D eigenvalue weighted by molar-refractivity contribution is 5.85. The van der Waals surface area contributed by atoms with Gasteiger partial charge in [-0.05, 0) is 18.2 Å². The molecule has 0 unspecified atom stereocenters. The lowest BCUT2D eigenvalue weighted by Crippen LogP contribution is -2.48. The standard InChI is InChI=1S/C25H27FN4O5.2ClH/c26-20-10-22-21(34-7-8-35-22)9-17(20)11-27-12-19-15-28(5-6-33-19)13-18-14-29-23(31)3-1-16-2-4-24(32)30(18)25(16)29;;/h1-4,9-10,18-19,27H,5-8,11-15H2;2*1H/t18-,19+;;/m1../s1. The van der Waals surface area contributed by atoms with Gasteiger partial charge in [0.1, 0.15) is 24.7 Å². The van der Waals surface area contributed by atoms with Crippen molar-refractivity contribution in [3.63, 3.8) is 0 Å². The third kappa shape index (κ3) is 5.35. The highest BCUT2D eigenvalue weighted by Crippen LogP contribution is 2.32. The third-order valence-electron chi connectivity index (χ3n) is 6.91. The van der Waals surface area contributed by atoms with Crippen LogP contribution in [0.25, 0.3) is 11.0 Å². The molecule has 1 fully saturated rings. The molecule has 2 aromatic heterocycles. The van der Waals surface area contributed by atoms with Crippen molar-refractivity contribution in [2.75, 3.05) is 46.0 Å². The second-order valence-electron chi connectivity index (χ2n) is 9.23. The van der Waals surface area contributed by atoms with Crippen LogP contribution in [0.1, 0.15) is 11.6 Å². The van der Waals surface area contributed by atoms with Gasteiger partial charge in [0.05, 0.1) is 18.8 Å². The lowest BCUT2D eigenvalue weighted by atomic mass is 10.1. The first kappa shape index (κ1) is 27.4. The van der Waals surface area contributed by atoms with E-state index >= 15 is 0 Å². The molecule has 37 heavy (non-hydrogen) atoms. The van der Waals surface area contributed by atoms with Crippen molar-refractivity contribution in [2.24, 2.45) is 0 Å². The Hall–Kier alpha value is -2.63. The lowest BCUT2D eigenvalue weighted by molar-refractivity contribution is -0.0311. The Balaban J connectivity index is 0.00000160. The average molecular weight is 555 g/mol. The summed E-state index contributed by atoms with van der Waals surface area (Å²) in [6, 6.07) is 9.61. The van der Waals surface area contributed by atoms with Gasteiger partial charge in [-0.1, -0.05) is 0 Å². The molecule has 1 N–H and O–H groups in total. The molecule has 0 saturated carbocycles. The van der Waals surface area contributed by atoms with Crippen molar-refractivity contribution in [1.29, 1.82) is 0 Å². The first-order valence-electron chi connectivity index (χ1n) is 11.9. The van der Waals surface area contributed by atoms with Gasteiger partial charge < -0.3 is 19.5 Å².